The number of aromatic amines is 1. The van der Waals surface area contributed by atoms with Crippen LogP contribution in [0, 0.1) is 6.92 Å². The zero-order valence-corrected chi connectivity index (χ0v) is 7.72. The summed E-state index contributed by atoms with van der Waals surface area (Å²) in [6, 6.07) is 0. The maximum atomic E-state index is 10.6. The van der Waals surface area contributed by atoms with Gasteiger partial charge < -0.3 is 0 Å². The molecule has 2 heterocycles. The van der Waals surface area contributed by atoms with Crippen LogP contribution in [-0.4, -0.2) is 15.1 Å². The second-order valence-corrected chi connectivity index (χ2v) is 3.64. The molecule has 13 heavy (non-hydrogen) atoms. The quantitative estimate of drug-likeness (QED) is 0.769. The fourth-order valence-electron chi connectivity index (χ4n) is 0.997. The molecule has 0 radical (unpaired) electrons. The first kappa shape index (κ1) is 8.18. The van der Waals surface area contributed by atoms with Crippen LogP contribution < -0.4 is 5.76 Å². The van der Waals surface area contributed by atoms with Crippen LogP contribution in [0.15, 0.2) is 14.7 Å². The number of thiazole rings is 1. The first-order valence-electron chi connectivity index (χ1n) is 3.70. The summed E-state index contributed by atoms with van der Waals surface area (Å²) in [5.41, 5.74) is 0.895. The molecule has 5 nitrogen and oxygen atoms in total. The molecule has 0 aliphatic rings. The maximum Gasteiger partial charge on any atom is 0.438 e. The van der Waals surface area contributed by atoms with Crippen molar-refractivity contribution in [2.75, 3.05) is 0 Å². The summed E-state index contributed by atoms with van der Waals surface area (Å²) in [5, 5.41) is 6.48. The molecule has 2 aromatic heterocycles. The van der Waals surface area contributed by atoms with Crippen LogP contribution >= 0.6 is 11.3 Å². The Hall–Kier alpha value is -1.43. The molecule has 0 unspecified atom stereocenters. The molecule has 0 fully saturated rings. The van der Waals surface area contributed by atoms with Gasteiger partial charge in [0.05, 0.1) is 17.1 Å². The molecule has 0 aliphatic carbocycles. The Morgan fingerprint density at radius 1 is 1.69 bits per heavy atom. The standard InChI is InChI=1S/C7H7N3O2S/c1-4-8-5(3-13-4)2-6-9-7(11)12-10-6/h3H,2H2,1H3,(H,9,10,11). The van der Waals surface area contributed by atoms with Gasteiger partial charge in [-0.25, -0.2) is 9.78 Å². The summed E-state index contributed by atoms with van der Waals surface area (Å²) >= 11 is 1.57. The molecule has 0 atom stereocenters. The van der Waals surface area contributed by atoms with Crippen LogP contribution in [0.25, 0.3) is 0 Å². The van der Waals surface area contributed by atoms with Crippen molar-refractivity contribution < 1.29 is 4.52 Å². The van der Waals surface area contributed by atoms with E-state index in [1.807, 2.05) is 12.3 Å². The Balaban J connectivity index is 2.19. The van der Waals surface area contributed by atoms with E-state index in [1.165, 1.54) is 0 Å². The summed E-state index contributed by atoms with van der Waals surface area (Å²) < 4.78 is 4.36. The predicted molar refractivity (Wildman–Crippen MR) is 46.8 cm³/mol. The molecule has 0 saturated heterocycles. The molecule has 1 N–H and O–H groups in total. The van der Waals surface area contributed by atoms with E-state index >= 15 is 0 Å². The van der Waals surface area contributed by atoms with Gasteiger partial charge in [-0.15, -0.1) is 11.3 Å². The van der Waals surface area contributed by atoms with E-state index in [0.717, 1.165) is 10.7 Å². The number of hydrogen-bond donors (Lipinski definition) is 1. The van der Waals surface area contributed by atoms with Gasteiger partial charge >= 0.3 is 5.76 Å². The predicted octanol–water partition coefficient (Wildman–Crippen LogP) is 0.719. The summed E-state index contributed by atoms with van der Waals surface area (Å²) in [7, 11) is 0. The minimum absolute atomic E-state index is 0.510. The lowest BCUT2D eigenvalue weighted by molar-refractivity contribution is 0.382. The lowest BCUT2D eigenvalue weighted by Gasteiger charge is -1.87. The highest BCUT2D eigenvalue weighted by molar-refractivity contribution is 7.09. The minimum atomic E-state index is -0.526. The Labute approximate surface area is 77.4 Å². The Kier molecular flexibility index (Phi) is 1.97. The summed E-state index contributed by atoms with van der Waals surface area (Å²) in [6.07, 6.45) is 0.510. The molecular weight excluding hydrogens is 190 g/mol. The molecule has 0 aromatic carbocycles. The van der Waals surface area contributed by atoms with Gasteiger partial charge in [-0.3, -0.25) is 9.51 Å². The molecule has 0 amide bonds. The van der Waals surface area contributed by atoms with Gasteiger partial charge in [-0.2, -0.15) is 0 Å². The molecule has 0 aliphatic heterocycles. The lowest BCUT2D eigenvalue weighted by atomic mass is 10.3. The first-order valence-corrected chi connectivity index (χ1v) is 4.58. The van der Waals surface area contributed by atoms with E-state index in [1.54, 1.807) is 11.3 Å². The van der Waals surface area contributed by atoms with Gasteiger partial charge in [0, 0.05) is 5.38 Å². The van der Waals surface area contributed by atoms with Crippen LogP contribution in [0.5, 0.6) is 0 Å². The number of hydrogen-bond acceptors (Lipinski definition) is 5. The van der Waals surface area contributed by atoms with Gasteiger partial charge in [0.15, 0.2) is 5.82 Å². The van der Waals surface area contributed by atoms with Crippen molar-refractivity contribution in [3.8, 4) is 0 Å². The molecule has 2 rings (SSSR count). The number of H-pyrrole nitrogens is 1. The normalized spacial score (nSPS) is 10.5. The topological polar surface area (TPSA) is 71.8 Å². The number of aryl methyl sites for hydroxylation is 1. The Morgan fingerprint density at radius 2 is 2.54 bits per heavy atom. The van der Waals surface area contributed by atoms with E-state index in [-0.39, 0.29) is 0 Å². The summed E-state index contributed by atoms with van der Waals surface area (Å²) in [5.74, 6) is -0.0164. The largest absolute Gasteiger partial charge is 0.438 e. The third-order valence-corrected chi connectivity index (χ3v) is 2.32. The highest BCUT2D eigenvalue weighted by Crippen LogP contribution is 2.09. The lowest BCUT2D eigenvalue weighted by Crippen LogP contribution is -1.98. The minimum Gasteiger partial charge on any atom is -0.296 e. The summed E-state index contributed by atoms with van der Waals surface area (Å²) in [6.45, 7) is 1.93. The monoisotopic (exact) mass is 197 g/mol. The van der Waals surface area contributed by atoms with Crippen LogP contribution in [0.4, 0.5) is 0 Å². The number of nitrogens with zero attached hydrogens (tertiary/aromatic N) is 2. The van der Waals surface area contributed by atoms with Crippen molar-refractivity contribution in [3.05, 3.63) is 32.5 Å². The fraction of sp³-hybridized carbons (Fsp3) is 0.286. The van der Waals surface area contributed by atoms with Gasteiger partial charge in [0.1, 0.15) is 0 Å². The van der Waals surface area contributed by atoms with Crippen LogP contribution in [0.1, 0.15) is 16.5 Å². The molecule has 0 bridgehead atoms. The Bertz CT molecular complexity index is 456. The van der Waals surface area contributed by atoms with Gasteiger partial charge in [-0.1, -0.05) is 5.16 Å². The second-order valence-electron chi connectivity index (χ2n) is 2.58. The van der Waals surface area contributed by atoms with Crippen LogP contribution in [0.3, 0.4) is 0 Å². The van der Waals surface area contributed by atoms with Crippen molar-refractivity contribution in [2.45, 2.75) is 13.3 Å². The molecule has 68 valence electrons. The van der Waals surface area contributed by atoms with Crippen LogP contribution in [0.2, 0.25) is 0 Å². The van der Waals surface area contributed by atoms with Gasteiger partial charge in [0.25, 0.3) is 0 Å². The number of rotatable bonds is 2. The van der Waals surface area contributed by atoms with Crippen molar-refractivity contribution in [2.24, 2.45) is 0 Å². The van der Waals surface area contributed by atoms with Gasteiger partial charge in [-0.05, 0) is 6.92 Å². The number of nitrogens with one attached hydrogen (secondary N) is 1. The summed E-state index contributed by atoms with van der Waals surface area (Å²) in [4.78, 5) is 17.3. The molecule has 2 aromatic rings. The first-order chi connectivity index (χ1) is 6.24. The number of aromatic nitrogens is 3. The van der Waals surface area contributed by atoms with Crippen molar-refractivity contribution in [3.63, 3.8) is 0 Å². The maximum absolute atomic E-state index is 10.6. The fourth-order valence-corrected chi connectivity index (χ4v) is 1.61. The van der Waals surface area contributed by atoms with E-state index < -0.39 is 5.76 Å². The molecular formula is C7H7N3O2S. The zero-order chi connectivity index (χ0) is 9.26. The average Bonchev–Trinajstić information content (AvgIpc) is 2.62. The molecule has 0 saturated carbocycles. The van der Waals surface area contributed by atoms with Crippen molar-refractivity contribution in [1.29, 1.82) is 0 Å². The third-order valence-electron chi connectivity index (χ3n) is 1.50. The average molecular weight is 197 g/mol. The van der Waals surface area contributed by atoms with E-state index in [2.05, 4.69) is 19.6 Å². The van der Waals surface area contributed by atoms with E-state index in [4.69, 9.17) is 0 Å². The van der Waals surface area contributed by atoms with E-state index in [0.29, 0.717) is 12.2 Å². The molecule has 0 spiro atoms. The highest BCUT2D eigenvalue weighted by Gasteiger charge is 2.04. The zero-order valence-electron chi connectivity index (χ0n) is 6.90. The van der Waals surface area contributed by atoms with Crippen molar-refractivity contribution >= 4 is 11.3 Å². The smallest absolute Gasteiger partial charge is 0.296 e. The highest BCUT2D eigenvalue weighted by atomic mass is 32.1. The second kappa shape index (κ2) is 3.14. The van der Waals surface area contributed by atoms with Crippen LogP contribution in [-0.2, 0) is 6.42 Å². The van der Waals surface area contributed by atoms with Crippen molar-refractivity contribution in [1.82, 2.24) is 15.1 Å². The third kappa shape index (κ3) is 1.83. The molecule has 6 heteroatoms. The SMILES string of the molecule is Cc1nc(Cc2noc(=O)[nH]2)cs1. The van der Waals surface area contributed by atoms with E-state index in [9.17, 15) is 4.79 Å². The van der Waals surface area contributed by atoms with Gasteiger partial charge in [0.2, 0.25) is 0 Å². The Morgan fingerprint density at radius 3 is 3.08 bits per heavy atom.